The van der Waals surface area contributed by atoms with Crippen LogP contribution in [0.25, 0.3) is 6.08 Å². The smallest absolute Gasteiger partial charge is 0.251 e. The lowest BCUT2D eigenvalue weighted by molar-refractivity contribution is -0.119. The second-order valence-corrected chi connectivity index (χ2v) is 6.22. The topological polar surface area (TPSA) is 64.3 Å². The van der Waals surface area contributed by atoms with Crippen LogP contribution in [0.4, 0.5) is 0 Å². The van der Waals surface area contributed by atoms with Crippen molar-refractivity contribution in [3.8, 4) is 5.75 Å². The van der Waals surface area contributed by atoms with Crippen LogP contribution in [0, 0.1) is 0 Å². The van der Waals surface area contributed by atoms with Gasteiger partial charge in [0.25, 0.3) is 5.91 Å². The van der Waals surface area contributed by atoms with E-state index in [1.807, 2.05) is 12.1 Å². The molecule has 6 heteroatoms. The van der Waals surface area contributed by atoms with E-state index in [4.69, 9.17) is 22.1 Å². The first-order valence-electron chi connectivity index (χ1n) is 7.27. The molecule has 1 aromatic carbocycles. The van der Waals surface area contributed by atoms with E-state index >= 15 is 0 Å². The van der Waals surface area contributed by atoms with Gasteiger partial charge in [0.15, 0.2) is 0 Å². The molecule has 0 bridgehead atoms. The molecule has 22 heavy (non-hydrogen) atoms. The summed E-state index contributed by atoms with van der Waals surface area (Å²) in [4.78, 5) is 12.5. The van der Waals surface area contributed by atoms with Gasteiger partial charge in [-0.15, -0.1) is 12.4 Å². The summed E-state index contributed by atoms with van der Waals surface area (Å²) in [5.74, 6) is 0.665. The quantitative estimate of drug-likeness (QED) is 0.887. The van der Waals surface area contributed by atoms with E-state index in [9.17, 15) is 4.79 Å². The summed E-state index contributed by atoms with van der Waals surface area (Å²) in [5, 5.41) is 3.74. The van der Waals surface area contributed by atoms with Crippen LogP contribution in [-0.4, -0.2) is 24.6 Å². The van der Waals surface area contributed by atoms with Gasteiger partial charge in [0, 0.05) is 17.1 Å². The molecule has 0 radical (unpaired) electrons. The highest BCUT2D eigenvalue weighted by atomic mass is 35.5. The van der Waals surface area contributed by atoms with Crippen molar-refractivity contribution in [2.45, 2.75) is 31.2 Å². The highest BCUT2D eigenvalue weighted by Crippen LogP contribution is 2.31. The molecule has 0 aromatic heterocycles. The fraction of sp³-hybridized carbons (Fsp3) is 0.438. The first-order valence-corrected chi connectivity index (χ1v) is 7.65. The number of carbonyl (C=O) groups is 1. The molecule has 1 aromatic rings. The average molecular weight is 343 g/mol. The number of ether oxygens (including phenoxy) is 1. The van der Waals surface area contributed by atoms with Crippen LogP contribution >= 0.6 is 24.0 Å². The molecule has 3 N–H and O–H groups in total. The Hall–Kier alpha value is -1.23. The van der Waals surface area contributed by atoms with Crippen LogP contribution in [0.2, 0.25) is 5.02 Å². The van der Waals surface area contributed by atoms with Crippen molar-refractivity contribution >= 4 is 36.0 Å². The third kappa shape index (κ3) is 3.40. The summed E-state index contributed by atoms with van der Waals surface area (Å²) >= 11 is 5.98. The van der Waals surface area contributed by atoms with Crippen molar-refractivity contribution in [3.05, 3.63) is 34.4 Å². The molecule has 1 amide bonds. The highest BCUT2D eigenvalue weighted by molar-refractivity contribution is 6.30. The number of nitrogens with one attached hydrogen (secondary N) is 1. The zero-order chi connectivity index (χ0) is 14.9. The minimum absolute atomic E-state index is 0. The van der Waals surface area contributed by atoms with Crippen molar-refractivity contribution in [3.63, 3.8) is 0 Å². The molecule has 1 aliphatic heterocycles. The van der Waals surface area contributed by atoms with E-state index in [0.717, 1.165) is 37.0 Å². The van der Waals surface area contributed by atoms with Gasteiger partial charge in [-0.1, -0.05) is 24.4 Å². The Morgan fingerprint density at radius 1 is 1.36 bits per heavy atom. The SMILES string of the molecule is Cl.NCC1(NC(=O)C2=Cc3cc(Cl)ccc3OC2)CCCC1. The van der Waals surface area contributed by atoms with Gasteiger partial charge in [-0.3, -0.25) is 4.79 Å². The van der Waals surface area contributed by atoms with Crippen LogP contribution in [0.5, 0.6) is 5.75 Å². The number of benzene rings is 1. The lowest BCUT2D eigenvalue weighted by Crippen LogP contribution is -2.52. The van der Waals surface area contributed by atoms with Gasteiger partial charge in [0.05, 0.1) is 11.1 Å². The molecular weight excluding hydrogens is 323 g/mol. The minimum atomic E-state index is -0.244. The lowest BCUT2D eigenvalue weighted by Gasteiger charge is -2.30. The minimum Gasteiger partial charge on any atom is -0.488 e. The highest BCUT2D eigenvalue weighted by Gasteiger charge is 2.34. The molecule has 0 spiro atoms. The van der Waals surface area contributed by atoms with Crippen LogP contribution in [0.3, 0.4) is 0 Å². The fourth-order valence-corrected chi connectivity index (χ4v) is 3.21. The molecule has 4 nitrogen and oxygen atoms in total. The summed E-state index contributed by atoms with van der Waals surface area (Å²) in [6, 6.07) is 5.40. The van der Waals surface area contributed by atoms with E-state index < -0.39 is 0 Å². The van der Waals surface area contributed by atoms with E-state index in [2.05, 4.69) is 5.32 Å². The van der Waals surface area contributed by atoms with Gasteiger partial charge in [0.1, 0.15) is 12.4 Å². The third-order valence-electron chi connectivity index (χ3n) is 4.31. The molecule has 1 saturated carbocycles. The molecule has 3 rings (SSSR count). The Labute approximate surface area is 141 Å². The van der Waals surface area contributed by atoms with E-state index in [-0.39, 0.29) is 30.5 Å². The standard InChI is InChI=1S/C16H19ClN2O2.ClH/c17-13-3-4-14-11(8-13)7-12(9-21-14)15(20)19-16(10-18)5-1-2-6-16;/h3-4,7-8H,1-2,5-6,9-10,18H2,(H,19,20);1H. The van der Waals surface area contributed by atoms with E-state index in [1.165, 1.54) is 0 Å². The number of amides is 1. The first kappa shape index (κ1) is 17.1. The monoisotopic (exact) mass is 342 g/mol. The number of carbonyl (C=O) groups excluding carboxylic acids is 1. The Morgan fingerprint density at radius 2 is 2.09 bits per heavy atom. The molecule has 0 saturated heterocycles. The summed E-state index contributed by atoms with van der Waals surface area (Å²) in [7, 11) is 0. The maximum atomic E-state index is 12.5. The van der Waals surface area contributed by atoms with E-state index in [1.54, 1.807) is 12.1 Å². The number of fused-ring (bicyclic) bond motifs is 1. The van der Waals surface area contributed by atoms with Crippen LogP contribution in [0.1, 0.15) is 31.2 Å². The van der Waals surface area contributed by atoms with Gasteiger partial charge in [-0.05, 0) is 37.1 Å². The lowest BCUT2D eigenvalue weighted by atomic mass is 9.96. The number of hydrogen-bond donors (Lipinski definition) is 2. The fourth-order valence-electron chi connectivity index (χ4n) is 3.03. The van der Waals surface area contributed by atoms with Crippen LogP contribution in [0.15, 0.2) is 23.8 Å². The second-order valence-electron chi connectivity index (χ2n) is 5.79. The molecule has 120 valence electrons. The largest absolute Gasteiger partial charge is 0.488 e. The van der Waals surface area contributed by atoms with Crippen molar-refractivity contribution < 1.29 is 9.53 Å². The van der Waals surface area contributed by atoms with Gasteiger partial charge < -0.3 is 15.8 Å². The van der Waals surface area contributed by atoms with Gasteiger partial charge >= 0.3 is 0 Å². The average Bonchev–Trinajstić information content (AvgIpc) is 2.95. The number of halogens is 2. The van der Waals surface area contributed by atoms with Gasteiger partial charge in [-0.25, -0.2) is 0 Å². The normalized spacial score (nSPS) is 18.5. The maximum absolute atomic E-state index is 12.5. The molecular formula is C16H20Cl2N2O2. The summed E-state index contributed by atoms with van der Waals surface area (Å²) in [6.07, 6.45) is 5.98. The Balaban J connectivity index is 0.00000176. The van der Waals surface area contributed by atoms with Gasteiger partial charge in [-0.2, -0.15) is 0 Å². The van der Waals surface area contributed by atoms with Crippen molar-refractivity contribution in [1.82, 2.24) is 5.32 Å². The van der Waals surface area contributed by atoms with Crippen molar-refractivity contribution in [2.75, 3.05) is 13.2 Å². The van der Waals surface area contributed by atoms with Crippen molar-refractivity contribution in [1.29, 1.82) is 0 Å². The van der Waals surface area contributed by atoms with Crippen molar-refractivity contribution in [2.24, 2.45) is 5.73 Å². The van der Waals surface area contributed by atoms with E-state index in [0.29, 0.717) is 17.1 Å². The molecule has 1 fully saturated rings. The summed E-state index contributed by atoms with van der Waals surface area (Å²) < 4.78 is 5.62. The molecule has 0 atom stereocenters. The van der Waals surface area contributed by atoms with Crippen LogP contribution < -0.4 is 15.8 Å². The molecule has 1 aliphatic carbocycles. The Kier molecular flexibility index (Phi) is 5.37. The van der Waals surface area contributed by atoms with Crippen LogP contribution in [-0.2, 0) is 4.79 Å². The first-order chi connectivity index (χ1) is 10.1. The number of nitrogens with two attached hydrogens (primary N) is 1. The second kappa shape index (κ2) is 6.90. The Morgan fingerprint density at radius 3 is 2.77 bits per heavy atom. The zero-order valence-corrected chi connectivity index (χ0v) is 13.8. The predicted octanol–water partition coefficient (Wildman–Crippen LogP) is 2.93. The number of hydrogen-bond acceptors (Lipinski definition) is 3. The maximum Gasteiger partial charge on any atom is 0.251 e. The third-order valence-corrected chi connectivity index (χ3v) is 4.54. The summed E-state index contributed by atoms with van der Waals surface area (Å²) in [5.41, 5.74) is 7.07. The molecule has 0 unspecified atom stereocenters. The molecule has 2 aliphatic rings. The number of rotatable bonds is 3. The summed E-state index contributed by atoms with van der Waals surface area (Å²) in [6.45, 7) is 0.760. The predicted molar refractivity (Wildman–Crippen MR) is 90.6 cm³/mol. The zero-order valence-electron chi connectivity index (χ0n) is 12.2. The Bertz CT molecular complexity index is 596. The van der Waals surface area contributed by atoms with Gasteiger partial charge in [0.2, 0.25) is 0 Å². The molecule has 1 heterocycles.